The summed E-state index contributed by atoms with van der Waals surface area (Å²) in [7, 11) is 0. The maximum absolute atomic E-state index is 13.3. The van der Waals surface area contributed by atoms with Gasteiger partial charge in [0.15, 0.2) is 0 Å². The molecule has 0 saturated carbocycles. The number of ether oxygens (including phenoxy) is 1. The standard InChI is InChI=1S/C12H13FO2/c1-7(2)15-12(14)10-5-8(3)9(4)11(13)6-10/h5-6H,1H2,2-4H3. The highest BCUT2D eigenvalue weighted by Crippen LogP contribution is 2.16. The average molecular weight is 208 g/mol. The third-order valence-corrected chi connectivity index (χ3v) is 2.11. The first kappa shape index (κ1) is 11.4. The van der Waals surface area contributed by atoms with Gasteiger partial charge >= 0.3 is 5.97 Å². The molecule has 15 heavy (non-hydrogen) atoms. The predicted molar refractivity (Wildman–Crippen MR) is 56.1 cm³/mol. The Morgan fingerprint density at radius 3 is 2.47 bits per heavy atom. The molecule has 0 aliphatic heterocycles. The van der Waals surface area contributed by atoms with E-state index in [1.54, 1.807) is 26.8 Å². The van der Waals surface area contributed by atoms with Crippen LogP contribution >= 0.6 is 0 Å². The molecule has 3 heteroatoms. The summed E-state index contributed by atoms with van der Waals surface area (Å²) >= 11 is 0. The van der Waals surface area contributed by atoms with Gasteiger partial charge in [0.2, 0.25) is 0 Å². The summed E-state index contributed by atoms with van der Waals surface area (Å²) in [4.78, 5) is 11.4. The Hall–Kier alpha value is -1.64. The summed E-state index contributed by atoms with van der Waals surface area (Å²) in [5.74, 6) is -0.688. The van der Waals surface area contributed by atoms with Gasteiger partial charge in [-0.1, -0.05) is 6.58 Å². The van der Waals surface area contributed by atoms with Gasteiger partial charge in [-0.2, -0.15) is 0 Å². The van der Waals surface area contributed by atoms with E-state index in [1.807, 2.05) is 0 Å². The van der Waals surface area contributed by atoms with E-state index in [4.69, 9.17) is 4.74 Å². The quantitative estimate of drug-likeness (QED) is 0.551. The molecule has 0 fully saturated rings. The molecule has 0 aromatic heterocycles. The summed E-state index contributed by atoms with van der Waals surface area (Å²) in [5, 5.41) is 0. The van der Waals surface area contributed by atoms with Crippen molar-refractivity contribution in [3.8, 4) is 0 Å². The van der Waals surface area contributed by atoms with Crippen molar-refractivity contribution in [3.05, 3.63) is 47.0 Å². The van der Waals surface area contributed by atoms with E-state index in [2.05, 4.69) is 6.58 Å². The average Bonchev–Trinajstić information content (AvgIpc) is 2.12. The van der Waals surface area contributed by atoms with E-state index in [9.17, 15) is 9.18 Å². The molecule has 2 nitrogen and oxygen atoms in total. The number of aryl methyl sites for hydroxylation is 1. The maximum Gasteiger partial charge on any atom is 0.343 e. The molecule has 0 atom stereocenters. The van der Waals surface area contributed by atoms with Gasteiger partial charge in [0, 0.05) is 0 Å². The molecular formula is C12H13FO2. The van der Waals surface area contributed by atoms with Crippen molar-refractivity contribution < 1.29 is 13.9 Å². The third kappa shape index (κ3) is 2.65. The van der Waals surface area contributed by atoms with Crippen LogP contribution in [-0.2, 0) is 4.74 Å². The monoisotopic (exact) mass is 208 g/mol. The van der Waals surface area contributed by atoms with Crippen LogP contribution in [0.3, 0.4) is 0 Å². The van der Waals surface area contributed by atoms with Crippen LogP contribution in [-0.4, -0.2) is 5.97 Å². The van der Waals surface area contributed by atoms with Gasteiger partial charge in [-0.3, -0.25) is 0 Å². The molecule has 0 saturated heterocycles. The van der Waals surface area contributed by atoms with Crippen molar-refractivity contribution >= 4 is 5.97 Å². The Balaban J connectivity index is 3.06. The lowest BCUT2D eigenvalue weighted by atomic mass is 10.1. The van der Waals surface area contributed by atoms with Gasteiger partial charge < -0.3 is 4.74 Å². The van der Waals surface area contributed by atoms with Crippen LogP contribution in [0.25, 0.3) is 0 Å². The minimum atomic E-state index is -0.579. The Kier molecular flexibility index (Phi) is 3.24. The van der Waals surface area contributed by atoms with E-state index in [-0.39, 0.29) is 5.56 Å². The molecule has 1 rings (SSSR count). The number of allylic oxidation sites excluding steroid dienone is 1. The van der Waals surface area contributed by atoms with Gasteiger partial charge in [0.1, 0.15) is 5.82 Å². The van der Waals surface area contributed by atoms with Crippen molar-refractivity contribution in [1.82, 2.24) is 0 Å². The van der Waals surface area contributed by atoms with E-state index in [0.29, 0.717) is 11.3 Å². The molecule has 0 heterocycles. The number of esters is 1. The number of benzene rings is 1. The number of hydrogen-bond acceptors (Lipinski definition) is 2. The normalized spacial score (nSPS) is 9.87. The number of halogens is 1. The summed E-state index contributed by atoms with van der Waals surface area (Å²) in [6.07, 6.45) is 0. The van der Waals surface area contributed by atoms with Crippen molar-refractivity contribution in [2.24, 2.45) is 0 Å². The maximum atomic E-state index is 13.3. The highest BCUT2D eigenvalue weighted by atomic mass is 19.1. The topological polar surface area (TPSA) is 26.3 Å². The fourth-order valence-electron chi connectivity index (χ4n) is 1.15. The second-order valence-electron chi connectivity index (χ2n) is 3.49. The van der Waals surface area contributed by atoms with Crippen molar-refractivity contribution in [1.29, 1.82) is 0 Å². The van der Waals surface area contributed by atoms with Crippen molar-refractivity contribution in [2.45, 2.75) is 20.8 Å². The molecular weight excluding hydrogens is 195 g/mol. The predicted octanol–water partition coefficient (Wildman–Crippen LogP) is 3.13. The zero-order chi connectivity index (χ0) is 11.6. The van der Waals surface area contributed by atoms with Gasteiger partial charge in [-0.05, 0) is 44.0 Å². The first-order valence-corrected chi connectivity index (χ1v) is 4.56. The van der Waals surface area contributed by atoms with E-state index in [0.717, 1.165) is 5.56 Å². The van der Waals surface area contributed by atoms with Crippen LogP contribution < -0.4 is 0 Å². The summed E-state index contributed by atoms with van der Waals surface area (Å²) in [6.45, 7) is 8.42. The van der Waals surface area contributed by atoms with Gasteiger partial charge in [-0.15, -0.1) is 0 Å². The Morgan fingerprint density at radius 1 is 1.40 bits per heavy atom. The molecule has 1 aromatic rings. The SMILES string of the molecule is C=C(C)OC(=O)c1cc(C)c(C)c(F)c1. The van der Waals surface area contributed by atoms with Crippen LogP contribution in [0, 0.1) is 19.7 Å². The second kappa shape index (κ2) is 4.26. The molecule has 80 valence electrons. The van der Waals surface area contributed by atoms with E-state index < -0.39 is 11.8 Å². The van der Waals surface area contributed by atoms with Gasteiger partial charge in [0.25, 0.3) is 0 Å². The van der Waals surface area contributed by atoms with E-state index >= 15 is 0 Å². The van der Waals surface area contributed by atoms with Gasteiger partial charge in [-0.25, -0.2) is 9.18 Å². The lowest BCUT2D eigenvalue weighted by molar-refractivity contribution is 0.0627. The molecule has 0 amide bonds. The lowest BCUT2D eigenvalue weighted by Crippen LogP contribution is -2.05. The Morgan fingerprint density at radius 2 is 2.00 bits per heavy atom. The molecule has 0 aliphatic rings. The largest absolute Gasteiger partial charge is 0.428 e. The number of hydrogen-bond donors (Lipinski definition) is 0. The zero-order valence-corrected chi connectivity index (χ0v) is 9.06. The summed E-state index contributed by atoms with van der Waals surface area (Å²) in [5.41, 5.74) is 1.48. The lowest BCUT2D eigenvalue weighted by Gasteiger charge is -2.06. The van der Waals surface area contributed by atoms with Crippen molar-refractivity contribution in [2.75, 3.05) is 0 Å². The van der Waals surface area contributed by atoms with Gasteiger partial charge in [0.05, 0.1) is 11.3 Å². The summed E-state index contributed by atoms with van der Waals surface area (Å²) < 4.78 is 18.1. The number of carbonyl (C=O) groups is 1. The third-order valence-electron chi connectivity index (χ3n) is 2.11. The smallest absolute Gasteiger partial charge is 0.343 e. The molecule has 0 aliphatic carbocycles. The molecule has 0 radical (unpaired) electrons. The van der Waals surface area contributed by atoms with Crippen LogP contribution in [0.2, 0.25) is 0 Å². The van der Waals surface area contributed by atoms with E-state index in [1.165, 1.54) is 6.07 Å². The molecule has 1 aromatic carbocycles. The minimum absolute atomic E-state index is 0.207. The van der Waals surface area contributed by atoms with Crippen LogP contribution in [0.4, 0.5) is 4.39 Å². The fourth-order valence-corrected chi connectivity index (χ4v) is 1.15. The first-order chi connectivity index (χ1) is 6.91. The highest BCUT2D eigenvalue weighted by Gasteiger charge is 2.11. The minimum Gasteiger partial charge on any atom is -0.428 e. The second-order valence-corrected chi connectivity index (χ2v) is 3.49. The molecule has 0 spiro atoms. The van der Waals surface area contributed by atoms with Crippen LogP contribution in [0.1, 0.15) is 28.4 Å². The van der Waals surface area contributed by atoms with Crippen LogP contribution in [0.15, 0.2) is 24.5 Å². The zero-order valence-electron chi connectivity index (χ0n) is 9.06. The number of carbonyl (C=O) groups excluding carboxylic acids is 1. The van der Waals surface area contributed by atoms with Crippen LogP contribution in [0.5, 0.6) is 0 Å². The first-order valence-electron chi connectivity index (χ1n) is 4.56. The molecule has 0 unspecified atom stereocenters. The highest BCUT2D eigenvalue weighted by molar-refractivity contribution is 5.90. The summed E-state index contributed by atoms with van der Waals surface area (Å²) in [6, 6.07) is 2.78. The fraction of sp³-hybridized carbons (Fsp3) is 0.250. The Bertz CT molecular complexity index is 399. The Labute approximate surface area is 88.4 Å². The molecule has 0 N–H and O–H groups in total. The number of rotatable bonds is 2. The molecule has 0 bridgehead atoms. The van der Waals surface area contributed by atoms with Crippen molar-refractivity contribution in [3.63, 3.8) is 0 Å².